The molecule has 118 valence electrons. The van der Waals surface area contributed by atoms with Gasteiger partial charge < -0.3 is 10.6 Å². The third kappa shape index (κ3) is 7.72. The molecule has 1 fully saturated rings. The molecule has 0 aromatic rings. The van der Waals surface area contributed by atoms with Crippen LogP contribution in [-0.2, 0) is 4.79 Å². The number of unbranched alkanes of at least 4 members (excludes halogenated alkanes) is 1. The van der Waals surface area contributed by atoms with Crippen molar-refractivity contribution in [2.75, 3.05) is 19.6 Å². The van der Waals surface area contributed by atoms with Crippen LogP contribution in [0.2, 0.25) is 0 Å². The van der Waals surface area contributed by atoms with E-state index in [0.717, 1.165) is 25.9 Å². The van der Waals surface area contributed by atoms with Gasteiger partial charge in [0.1, 0.15) is 0 Å². The normalized spacial score (nSPS) is 21.5. The van der Waals surface area contributed by atoms with Gasteiger partial charge in [-0.2, -0.15) is 13.2 Å². The van der Waals surface area contributed by atoms with Crippen LogP contribution < -0.4 is 10.6 Å². The minimum absolute atomic E-state index is 0.0462. The second kappa shape index (κ2) is 8.49. The third-order valence-electron chi connectivity index (χ3n) is 3.86. The molecule has 2 unspecified atom stereocenters. The lowest BCUT2D eigenvalue weighted by atomic mass is 9.85. The van der Waals surface area contributed by atoms with Crippen LogP contribution in [0.5, 0.6) is 0 Å². The molecule has 20 heavy (non-hydrogen) atoms. The molecule has 1 aliphatic heterocycles. The van der Waals surface area contributed by atoms with Crippen molar-refractivity contribution in [1.82, 2.24) is 10.6 Å². The standard InChI is InChI=1S/C14H25F3N2O/c1-11(12-5-4-7-18-10-12)9-13(20)19-8-3-2-6-14(15,16)17/h11-12,18H,2-10H2,1H3,(H,19,20). The van der Waals surface area contributed by atoms with Crippen molar-refractivity contribution in [1.29, 1.82) is 0 Å². The van der Waals surface area contributed by atoms with Crippen LogP contribution in [0.3, 0.4) is 0 Å². The van der Waals surface area contributed by atoms with Crippen LogP contribution in [0.15, 0.2) is 0 Å². The number of hydrogen-bond acceptors (Lipinski definition) is 2. The van der Waals surface area contributed by atoms with Gasteiger partial charge in [-0.25, -0.2) is 0 Å². The summed E-state index contributed by atoms with van der Waals surface area (Å²) in [5.74, 6) is 0.799. The molecule has 0 aromatic carbocycles. The van der Waals surface area contributed by atoms with Gasteiger partial charge in [-0.1, -0.05) is 6.92 Å². The molecule has 0 saturated carbocycles. The first-order valence-electron chi connectivity index (χ1n) is 7.42. The van der Waals surface area contributed by atoms with Gasteiger partial charge >= 0.3 is 6.18 Å². The van der Waals surface area contributed by atoms with E-state index in [9.17, 15) is 18.0 Å². The molecule has 1 rings (SSSR count). The van der Waals surface area contributed by atoms with Gasteiger partial charge in [0.25, 0.3) is 0 Å². The maximum atomic E-state index is 11.9. The van der Waals surface area contributed by atoms with Crippen molar-refractivity contribution in [3.63, 3.8) is 0 Å². The molecule has 1 aliphatic rings. The first-order valence-corrected chi connectivity index (χ1v) is 7.42. The van der Waals surface area contributed by atoms with Crippen molar-refractivity contribution in [2.24, 2.45) is 11.8 Å². The third-order valence-corrected chi connectivity index (χ3v) is 3.86. The van der Waals surface area contributed by atoms with E-state index in [1.807, 2.05) is 0 Å². The number of hydrogen-bond donors (Lipinski definition) is 2. The summed E-state index contributed by atoms with van der Waals surface area (Å²) in [6, 6.07) is 0. The number of nitrogens with one attached hydrogen (secondary N) is 2. The Hall–Kier alpha value is -0.780. The number of piperidine rings is 1. The second-order valence-electron chi connectivity index (χ2n) is 5.71. The van der Waals surface area contributed by atoms with Crippen LogP contribution in [0.1, 0.15) is 45.4 Å². The zero-order chi connectivity index (χ0) is 15.0. The van der Waals surface area contributed by atoms with Crippen molar-refractivity contribution in [2.45, 2.75) is 51.6 Å². The summed E-state index contributed by atoms with van der Waals surface area (Å²) < 4.78 is 35.8. The molecule has 0 aliphatic carbocycles. The molecule has 0 aromatic heterocycles. The van der Waals surface area contributed by atoms with Crippen LogP contribution in [-0.4, -0.2) is 31.7 Å². The molecule has 0 radical (unpaired) electrons. The summed E-state index contributed by atoms with van der Waals surface area (Å²) in [6.45, 7) is 4.42. The highest BCUT2D eigenvalue weighted by atomic mass is 19.4. The van der Waals surface area contributed by atoms with Crippen LogP contribution in [0.4, 0.5) is 13.2 Å². The van der Waals surface area contributed by atoms with Crippen LogP contribution in [0.25, 0.3) is 0 Å². The number of rotatable bonds is 7. The van der Waals surface area contributed by atoms with E-state index in [0.29, 0.717) is 31.2 Å². The Morgan fingerprint density at radius 1 is 1.40 bits per heavy atom. The number of amides is 1. The predicted molar refractivity (Wildman–Crippen MR) is 72.3 cm³/mol. The minimum Gasteiger partial charge on any atom is -0.356 e. The van der Waals surface area contributed by atoms with E-state index >= 15 is 0 Å². The Kier molecular flexibility index (Phi) is 7.34. The molecule has 1 heterocycles. The Labute approximate surface area is 118 Å². The van der Waals surface area contributed by atoms with E-state index in [2.05, 4.69) is 17.6 Å². The van der Waals surface area contributed by atoms with Crippen molar-refractivity contribution < 1.29 is 18.0 Å². The lowest BCUT2D eigenvalue weighted by Gasteiger charge is -2.28. The highest BCUT2D eigenvalue weighted by Gasteiger charge is 2.26. The van der Waals surface area contributed by atoms with Crippen molar-refractivity contribution in [3.05, 3.63) is 0 Å². The fraction of sp³-hybridized carbons (Fsp3) is 0.929. The summed E-state index contributed by atoms with van der Waals surface area (Å²) in [6.07, 6.45) is -1.65. The van der Waals surface area contributed by atoms with Gasteiger partial charge in [-0.3, -0.25) is 4.79 Å². The highest BCUT2D eigenvalue weighted by Crippen LogP contribution is 2.23. The smallest absolute Gasteiger partial charge is 0.356 e. The number of alkyl halides is 3. The average molecular weight is 294 g/mol. The molecule has 2 N–H and O–H groups in total. The molecule has 1 amide bonds. The summed E-state index contributed by atoms with van der Waals surface area (Å²) in [5.41, 5.74) is 0. The first-order chi connectivity index (χ1) is 9.38. The maximum Gasteiger partial charge on any atom is 0.389 e. The molecule has 2 atom stereocenters. The Morgan fingerprint density at radius 2 is 2.15 bits per heavy atom. The van der Waals surface area contributed by atoms with Crippen LogP contribution >= 0.6 is 0 Å². The summed E-state index contributed by atoms with van der Waals surface area (Å²) >= 11 is 0. The Morgan fingerprint density at radius 3 is 2.75 bits per heavy atom. The summed E-state index contributed by atoms with van der Waals surface area (Å²) in [5, 5.41) is 6.04. The van der Waals surface area contributed by atoms with Gasteiger partial charge in [0, 0.05) is 19.4 Å². The quantitative estimate of drug-likeness (QED) is 0.709. The number of carbonyl (C=O) groups is 1. The molecular weight excluding hydrogens is 269 g/mol. The number of carbonyl (C=O) groups excluding carboxylic acids is 1. The average Bonchev–Trinajstić information content (AvgIpc) is 2.38. The van der Waals surface area contributed by atoms with Gasteiger partial charge in [0.05, 0.1) is 0 Å². The van der Waals surface area contributed by atoms with Crippen molar-refractivity contribution in [3.8, 4) is 0 Å². The lowest BCUT2D eigenvalue weighted by Crippen LogP contribution is -2.35. The largest absolute Gasteiger partial charge is 0.389 e. The molecule has 6 heteroatoms. The molecular formula is C14H25F3N2O. The fourth-order valence-electron chi connectivity index (χ4n) is 2.57. The molecule has 0 spiro atoms. The van der Waals surface area contributed by atoms with Gasteiger partial charge in [0.15, 0.2) is 0 Å². The van der Waals surface area contributed by atoms with E-state index in [-0.39, 0.29) is 12.3 Å². The molecule has 0 bridgehead atoms. The summed E-state index contributed by atoms with van der Waals surface area (Å²) in [4.78, 5) is 11.7. The Balaban J connectivity index is 2.07. The van der Waals surface area contributed by atoms with Crippen LogP contribution in [0, 0.1) is 11.8 Å². The molecule has 1 saturated heterocycles. The van der Waals surface area contributed by atoms with Gasteiger partial charge in [-0.05, 0) is 50.6 Å². The highest BCUT2D eigenvalue weighted by molar-refractivity contribution is 5.76. The Bertz CT molecular complexity index is 289. The number of halogens is 3. The van der Waals surface area contributed by atoms with Gasteiger partial charge in [0.2, 0.25) is 5.91 Å². The van der Waals surface area contributed by atoms with E-state index in [1.54, 1.807) is 0 Å². The second-order valence-corrected chi connectivity index (χ2v) is 5.71. The van der Waals surface area contributed by atoms with E-state index < -0.39 is 12.6 Å². The molecule has 3 nitrogen and oxygen atoms in total. The SMILES string of the molecule is CC(CC(=O)NCCCCC(F)(F)F)C1CCCNC1. The van der Waals surface area contributed by atoms with Gasteiger partial charge in [-0.15, -0.1) is 0 Å². The monoisotopic (exact) mass is 294 g/mol. The topological polar surface area (TPSA) is 41.1 Å². The van der Waals surface area contributed by atoms with Crippen molar-refractivity contribution >= 4 is 5.91 Å². The van der Waals surface area contributed by atoms with E-state index in [1.165, 1.54) is 0 Å². The van der Waals surface area contributed by atoms with E-state index in [4.69, 9.17) is 0 Å². The fourth-order valence-corrected chi connectivity index (χ4v) is 2.57. The lowest BCUT2D eigenvalue weighted by molar-refractivity contribution is -0.135. The first kappa shape index (κ1) is 17.3. The zero-order valence-electron chi connectivity index (χ0n) is 12.1. The zero-order valence-corrected chi connectivity index (χ0v) is 12.1. The summed E-state index contributed by atoms with van der Waals surface area (Å²) in [7, 11) is 0. The maximum absolute atomic E-state index is 11.9. The minimum atomic E-state index is -4.09. The predicted octanol–water partition coefficient (Wildman–Crippen LogP) is 2.86.